The lowest BCUT2D eigenvalue weighted by Crippen LogP contribution is -2.24. The molecular formula is C24H25NO3. The average molecular weight is 375 g/mol. The van der Waals surface area contributed by atoms with E-state index < -0.39 is 5.97 Å². The van der Waals surface area contributed by atoms with Gasteiger partial charge in [-0.1, -0.05) is 37.3 Å². The van der Waals surface area contributed by atoms with Crippen LogP contribution in [-0.2, 0) is 20.7 Å². The highest BCUT2D eigenvalue weighted by Gasteiger charge is 2.38. The molecule has 0 fully saturated rings. The van der Waals surface area contributed by atoms with Crippen molar-refractivity contribution in [2.24, 2.45) is 0 Å². The summed E-state index contributed by atoms with van der Waals surface area (Å²) in [4.78, 5) is 27.4. The molecule has 4 nitrogen and oxygen atoms in total. The van der Waals surface area contributed by atoms with Gasteiger partial charge in [0.05, 0.1) is 18.3 Å². The number of hydrogen-bond donors (Lipinski definition) is 0. The summed E-state index contributed by atoms with van der Waals surface area (Å²) < 4.78 is 4.97. The summed E-state index contributed by atoms with van der Waals surface area (Å²) in [6.07, 6.45) is 2.71. The van der Waals surface area contributed by atoms with Gasteiger partial charge in [-0.05, 0) is 67.7 Å². The first-order chi connectivity index (χ1) is 13.3. The quantitative estimate of drug-likeness (QED) is 0.573. The number of benzene rings is 2. The number of methoxy groups -OCH3 is 1. The van der Waals surface area contributed by atoms with Gasteiger partial charge in [-0.2, -0.15) is 0 Å². The smallest absolute Gasteiger partial charge is 0.340 e. The van der Waals surface area contributed by atoms with E-state index in [4.69, 9.17) is 4.74 Å². The molecule has 0 spiro atoms. The van der Waals surface area contributed by atoms with Crippen molar-refractivity contribution in [1.29, 1.82) is 0 Å². The van der Waals surface area contributed by atoms with Crippen molar-refractivity contribution >= 4 is 23.6 Å². The number of carbonyl (C=O) groups is 2. The van der Waals surface area contributed by atoms with E-state index in [1.54, 1.807) is 17.9 Å². The summed E-state index contributed by atoms with van der Waals surface area (Å²) >= 11 is 0. The topological polar surface area (TPSA) is 46.6 Å². The minimum absolute atomic E-state index is 0.220. The number of amides is 1. The Hall–Kier alpha value is -3.14. The maximum atomic E-state index is 13.3. The SMILES string of the molecule is CCc1ccc(/C=C2\C(=O)N(c3cc(C)cc(C)c3)C(C)=C2C(=O)OC)cc1. The molecule has 144 valence electrons. The Labute approximate surface area is 166 Å². The van der Waals surface area contributed by atoms with Crippen molar-refractivity contribution in [3.8, 4) is 0 Å². The molecule has 1 heterocycles. The Balaban J connectivity index is 2.12. The standard InChI is InChI=1S/C24H25NO3/c1-6-18-7-9-19(10-8-18)14-21-22(24(27)28-5)17(4)25(23(21)26)20-12-15(2)11-16(3)13-20/h7-14H,6H2,1-5H3/b21-14-. The molecule has 0 saturated heterocycles. The van der Waals surface area contributed by atoms with Gasteiger partial charge in [0.2, 0.25) is 0 Å². The molecule has 28 heavy (non-hydrogen) atoms. The Morgan fingerprint density at radius 2 is 1.64 bits per heavy atom. The van der Waals surface area contributed by atoms with E-state index in [9.17, 15) is 9.59 Å². The van der Waals surface area contributed by atoms with Gasteiger partial charge in [0.1, 0.15) is 0 Å². The second-order valence-corrected chi connectivity index (χ2v) is 7.09. The molecule has 0 saturated carbocycles. The maximum Gasteiger partial charge on any atom is 0.340 e. The maximum absolute atomic E-state index is 13.3. The molecule has 0 bridgehead atoms. The van der Waals surface area contributed by atoms with Crippen molar-refractivity contribution < 1.29 is 14.3 Å². The number of allylic oxidation sites excluding steroid dienone is 1. The highest BCUT2D eigenvalue weighted by molar-refractivity contribution is 6.23. The van der Waals surface area contributed by atoms with Crippen LogP contribution in [0.1, 0.15) is 36.1 Å². The average Bonchev–Trinajstić information content (AvgIpc) is 2.91. The number of rotatable bonds is 4. The lowest BCUT2D eigenvalue weighted by atomic mass is 10.0. The van der Waals surface area contributed by atoms with Crippen molar-refractivity contribution in [2.75, 3.05) is 12.0 Å². The van der Waals surface area contributed by atoms with Gasteiger partial charge < -0.3 is 4.74 Å². The third-order valence-electron chi connectivity index (χ3n) is 4.95. The molecule has 1 aliphatic heterocycles. The normalized spacial score (nSPS) is 15.5. The van der Waals surface area contributed by atoms with Crippen LogP contribution >= 0.6 is 0 Å². The summed E-state index contributed by atoms with van der Waals surface area (Å²) in [5.41, 5.74) is 6.21. The van der Waals surface area contributed by atoms with Crippen LogP contribution in [0.2, 0.25) is 0 Å². The van der Waals surface area contributed by atoms with Gasteiger partial charge in [0, 0.05) is 11.4 Å². The number of anilines is 1. The van der Waals surface area contributed by atoms with E-state index >= 15 is 0 Å². The molecule has 4 heteroatoms. The zero-order chi connectivity index (χ0) is 20.4. The summed E-state index contributed by atoms with van der Waals surface area (Å²) in [5, 5.41) is 0. The van der Waals surface area contributed by atoms with E-state index in [1.807, 2.05) is 50.2 Å². The van der Waals surface area contributed by atoms with Gasteiger partial charge in [0.25, 0.3) is 5.91 Å². The lowest BCUT2D eigenvalue weighted by Gasteiger charge is -2.19. The van der Waals surface area contributed by atoms with E-state index in [0.717, 1.165) is 28.8 Å². The zero-order valence-electron chi connectivity index (χ0n) is 17.0. The molecule has 3 rings (SSSR count). The van der Waals surface area contributed by atoms with Crippen LogP contribution in [0.4, 0.5) is 5.69 Å². The third-order valence-corrected chi connectivity index (χ3v) is 4.95. The molecule has 2 aromatic carbocycles. The number of nitrogens with zero attached hydrogens (tertiary/aromatic N) is 1. The van der Waals surface area contributed by atoms with Gasteiger partial charge >= 0.3 is 5.97 Å². The number of carbonyl (C=O) groups excluding carboxylic acids is 2. The van der Waals surface area contributed by atoms with Gasteiger partial charge in [-0.25, -0.2) is 4.79 Å². The Kier molecular flexibility index (Phi) is 5.50. The van der Waals surface area contributed by atoms with Crippen LogP contribution in [0.25, 0.3) is 6.08 Å². The number of esters is 1. The molecule has 2 aromatic rings. The summed E-state index contributed by atoms with van der Waals surface area (Å²) in [6, 6.07) is 13.9. The van der Waals surface area contributed by atoms with Crippen LogP contribution in [0.15, 0.2) is 59.3 Å². The lowest BCUT2D eigenvalue weighted by molar-refractivity contribution is -0.136. The largest absolute Gasteiger partial charge is 0.465 e. The first-order valence-electron chi connectivity index (χ1n) is 9.38. The van der Waals surface area contributed by atoms with Crippen LogP contribution in [-0.4, -0.2) is 19.0 Å². The molecular weight excluding hydrogens is 350 g/mol. The fourth-order valence-electron chi connectivity index (χ4n) is 3.59. The molecule has 0 radical (unpaired) electrons. The summed E-state index contributed by atoms with van der Waals surface area (Å²) in [7, 11) is 1.33. The van der Waals surface area contributed by atoms with Crippen LogP contribution in [0, 0.1) is 13.8 Å². The van der Waals surface area contributed by atoms with E-state index in [0.29, 0.717) is 16.8 Å². The van der Waals surface area contributed by atoms with Crippen molar-refractivity contribution in [1.82, 2.24) is 0 Å². The zero-order valence-corrected chi connectivity index (χ0v) is 17.0. The fourth-order valence-corrected chi connectivity index (χ4v) is 3.59. The predicted molar refractivity (Wildman–Crippen MR) is 112 cm³/mol. The van der Waals surface area contributed by atoms with Gasteiger partial charge in [0.15, 0.2) is 0 Å². The number of hydrogen-bond acceptors (Lipinski definition) is 3. The second-order valence-electron chi connectivity index (χ2n) is 7.09. The van der Waals surface area contributed by atoms with Crippen LogP contribution < -0.4 is 4.90 Å². The molecule has 0 atom stereocenters. The Morgan fingerprint density at radius 1 is 1.04 bits per heavy atom. The van der Waals surface area contributed by atoms with Crippen molar-refractivity contribution in [3.63, 3.8) is 0 Å². The first-order valence-corrected chi connectivity index (χ1v) is 9.38. The van der Waals surface area contributed by atoms with Gasteiger partial charge in [-0.3, -0.25) is 9.69 Å². The fraction of sp³-hybridized carbons (Fsp3) is 0.250. The highest BCUT2D eigenvalue weighted by Crippen LogP contribution is 2.36. The molecule has 0 aromatic heterocycles. The summed E-state index contributed by atoms with van der Waals surface area (Å²) in [5.74, 6) is -0.725. The second kappa shape index (κ2) is 7.85. The highest BCUT2D eigenvalue weighted by atomic mass is 16.5. The Bertz CT molecular complexity index is 977. The third kappa shape index (κ3) is 3.63. The predicted octanol–water partition coefficient (Wildman–Crippen LogP) is 4.74. The summed E-state index contributed by atoms with van der Waals surface area (Å²) in [6.45, 7) is 7.85. The molecule has 1 amide bonds. The Morgan fingerprint density at radius 3 is 2.18 bits per heavy atom. The van der Waals surface area contributed by atoms with Crippen LogP contribution in [0.5, 0.6) is 0 Å². The molecule has 0 unspecified atom stereocenters. The first kappa shape index (κ1) is 19.6. The number of ether oxygens (including phenoxy) is 1. The number of aryl methyl sites for hydroxylation is 3. The van der Waals surface area contributed by atoms with Crippen LogP contribution in [0.3, 0.4) is 0 Å². The molecule has 0 aliphatic carbocycles. The van der Waals surface area contributed by atoms with E-state index in [2.05, 4.69) is 13.0 Å². The van der Waals surface area contributed by atoms with Crippen molar-refractivity contribution in [3.05, 3.63) is 81.6 Å². The molecule has 1 aliphatic rings. The monoisotopic (exact) mass is 375 g/mol. The molecule has 0 N–H and O–H groups in total. The van der Waals surface area contributed by atoms with E-state index in [1.165, 1.54) is 12.7 Å². The van der Waals surface area contributed by atoms with Crippen molar-refractivity contribution in [2.45, 2.75) is 34.1 Å². The van der Waals surface area contributed by atoms with E-state index in [-0.39, 0.29) is 5.91 Å². The van der Waals surface area contributed by atoms with Gasteiger partial charge in [-0.15, -0.1) is 0 Å². The minimum Gasteiger partial charge on any atom is -0.465 e. The minimum atomic E-state index is -0.505.